The number of amides is 2. The summed E-state index contributed by atoms with van der Waals surface area (Å²) in [4.78, 5) is 28.5. The third kappa shape index (κ3) is 6.70. The van der Waals surface area contributed by atoms with E-state index in [1.165, 1.54) is 0 Å². The van der Waals surface area contributed by atoms with E-state index < -0.39 is 72.6 Å². The number of benzene rings is 2. The van der Waals surface area contributed by atoms with Crippen LogP contribution >= 0.6 is 0 Å². The van der Waals surface area contributed by atoms with Crippen molar-refractivity contribution < 1.29 is 58.6 Å². The highest BCUT2D eigenvalue weighted by Crippen LogP contribution is 2.50. The zero-order valence-corrected chi connectivity index (χ0v) is 23.2. The second-order valence-electron chi connectivity index (χ2n) is 11.2. The molecule has 1 saturated carbocycles. The van der Waals surface area contributed by atoms with Crippen molar-refractivity contribution in [1.29, 1.82) is 0 Å². The number of carbonyl (C=O) groups excluding carboxylic acids is 2. The molecule has 0 spiro atoms. The summed E-state index contributed by atoms with van der Waals surface area (Å²) < 4.78 is 130. The first-order valence-corrected chi connectivity index (χ1v) is 13.8. The van der Waals surface area contributed by atoms with Crippen LogP contribution in [0.3, 0.4) is 0 Å². The molecule has 0 radical (unpaired) electrons. The molecule has 1 aliphatic heterocycles. The van der Waals surface area contributed by atoms with Crippen molar-refractivity contribution in [3.05, 3.63) is 63.7 Å². The predicted molar refractivity (Wildman–Crippen MR) is 137 cm³/mol. The summed E-state index contributed by atoms with van der Waals surface area (Å²) in [6, 6.07) is 2.62. The minimum atomic E-state index is -5.11. The fourth-order valence-electron chi connectivity index (χ4n) is 6.10. The highest BCUT2D eigenvalue weighted by Gasteiger charge is 2.48. The van der Waals surface area contributed by atoms with Crippen LogP contribution in [0.1, 0.15) is 65.1 Å². The van der Waals surface area contributed by atoms with Crippen LogP contribution in [-0.4, -0.2) is 43.0 Å². The van der Waals surface area contributed by atoms with Gasteiger partial charge >= 0.3 is 30.7 Å². The van der Waals surface area contributed by atoms with Crippen LogP contribution in [0.4, 0.5) is 54.8 Å². The van der Waals surface area contributed by atoms with Crippen molar-refractivity contribution in [1.82, 2.24) is 4.90 Å². The second-order valence-corrected chi connectivity index (χ2v) is 11.2. The molecule has 240 valence electrons. The molecule has 0 aromatic heterocycles. The standard InChI is InChI=1S/C29H27F9N2O4/c1-43-25(41)39(13-15-7-19(28(33,34)35)11-20(8-15)29(36,37)38)23-12-22(16-5-6-16)40(26(42)44-14-27(30,31)32)24-10-18-4-2-3-17(18)9-21(23)24/h7-11,16,22-23H,2-6,12-14H2,1H3/t22-,23-/m1/s1. The first-order chi connectivity index (χ1) is 20.5. The normalized spacial score (nSPS) is 20.2. The molecule has 3 aliphatic rings. The Labute approximate surface area is 245 Å². The third-order valence-corrected chi connectivity index (χ3v) is 8.16. The molecule has 0 bridgehead atoms. The molecule has 6 nitrogen and oxygen atoms in total. The Balaban J connectivity index is 1.61. The van der Waals surface area contributed by atoms with Gasteiger partial charge in [-0.05, 0) is 91.0 Å². The molecule has 2 aromatic rings. The number of halogens is 9. The quantitative estimate of drug-likeness (QED) is 0.310. The fraction of sp³-hybridized carbons (Fsp3) is 0.517. The highest BCUT2D eigenvalue weighted by atomic mass is 19.4. The van der Waals surface area contributed by atoms with E-state index >= 15 is 0 Å². The SMILES string of the molecule is COC(=O)N(Cc1cc(C(F)(F)F)cc(C(F)(F)F)c1)[C@@H]1C[C@H](C2CC2)N(C(=O)OCC(F)(F)F)c2cc3c(cc21)CCC3. The maximum Gasteiger partial charge on any atom is 0.422 e. The Morgan fingerprint density at radius 3 is 2.00 bits per heavy atom. The Kier molecular flexibility index (Phi) is 8.21. The van der Waals surface area contributed by atoms with Crippen molar-refractivity contribution in [2.45, 2.75) is 75.7 Å². The van der Waals surface area contributed by atoms with Gasteiger partial charge in [0.2, 0.25) is 0 Å². The molecule has 44 heavy (non-hydrogen) atoms. The number of rotatable bonds is 5. The first-order valence-electron chi connectivity index (χ1n) is 13.8. The van der Waals surface area contributed by atoms with Gasteiger partial charge in [0.05, 0.1) is 30.0 Å². The number of hydrogen-bond donors (Lipinski definition) is 0. The number of carbonyl (C=O) groups is 2. The van der Waals surface area contributed by atoms with E-state index in [1.54, 1.807) is 12.1 Å². The van der Waals surface area contributed by atoms with Crippen LogP contribution in [0.15, 0.2) is 30.3 Å². The van der Waals surface area contributed by atoms with Crippen LogP contribution in [0.25, 0.3) is 0 Å². The highest BCUT2D eigenvalue weighted by molar-refractivity contribution is 5.91. The van der Waals surface area contributed by atoms with Gasteiger partial charge < -0.3 is 9.47 Å². The van der Waals surface area contributed by atoms with Gasteiger partial charge in [0.15, 0.2) is 6.61 Å². The topological polar surface area (TPSA) is 59.1 Å². The monoisotopic (exact) mass is 638 g/mol. The van der Waals surface area contributed by atoms with Gasteiger partial charge in [-0.1, -0.05) is 6.07 Å². The molecular weight excluding hydrogens is 611 g/mol. The second kappa shape index (κ2) is 11.4. The Morgan fingerprint density at radius 2 is 1.48 bits per heavy atom. The minimum Gasteiger partial charge on any atom is -0.453 e. The van der Waals surface area contributed by atoms with E-state index in [4.69, 9.17) is 4.74 Å². The van der Waals surface area contributed by atoms with Crippen molar-refractivity contribution in [2.75, 3.05) is 18.6 Å². The van der Waals surface area contributed by atoms with E-state index in [2.05, 4.69) is 4.74 Å². The fourth-order valence-corrected chi connectivity index (χ4v) is 6.10. The van der Waals surface area contributed by atoms with Crippen molar-refractivity contribution in [3.8, 4) is 0 Å². The Hall–Kier alpha value is -3.65. The van der Waals surface area contributed by atoms with Gasteiger partial charge in [-0.3, -0.25) is 9.80 Å². The summed E-state index contributed by atoms with van der Waals surface area (Å²) in [6.07, 6.45) is -14.1. The molecule has 0 unspecified atom stereocenters. The van der Waals surface area contributed by atoms with E-state index in [0.717, 1.165) is 34.5 Å². The average molecular weight is 639 g/mol. The van der Waals surface area contributed by atoms with Crippen molar-refractivity contribution in [3.63, 3.8) is 0 Å². The third-order valence-electron chi connectivity index (χ3n) is 8.16. The summed E-state index contributed by atoms with van der Waals surface area (Å²) in [7, 11) is 1.01. The lowest BCUT2D eigenvalue weighted by atomic mass is 9.86. The number of aryl methyl sites for hydroxylation is 2. The number of methoxy groups -OCH3 is 1. The lowest BCUT2D eigenvalue weighted by molar-refractivity contribution is -0.160. The smallest absolute Gasteiger partial charge is 0.422 e. The zero-order chi connectivity index (χ0) is 32.2. The van der Waals surface area contributed by atoms with Gasteiger partial charge in [-0.25, -0.2) is 9.59 Å². The number of fused-ring (bicyclic) bond motifs is 2. The number of alkyl halides is 9. The summed E-state index contributed by atoms with van der Waals surface area (Å²) in [6.45, 7) is -2.54. The van der Waals surface area contributed by atoms with Gasteiger partial charge in [0.1, 0.15) is 0 Å². The number of ether oxygens (including phenoxy) is 2. The zero-order valence-electron chi connectivity index (χ0n) is 23.2. The molecule has 0 saturated heterocycles. The van der Waals surface area contributed by atoms with Gasteiger partial charge in [-0.2, -0.15) is 39.5 Å². The molecule has 1 fully saturated rings. The molecule has 2 aliphatic carbocycles. The molecule has 2 aromatic carbocycles. The summed E-state index contributed by atoms with van der Waals surface area (Å²) in [5.74, 6) is -0.178. The molecule has 0 N–H and O–H groups in total. The molecule has 1 heterocycles. The summed E-state index contributed by atoms with van der Waals surface area (Å²) in [5.41, 5.74) is -1.39. The number of nitrogens with zero attached hydrogens (tertiary/aromatic N) is 2. The number of anilines is 1. The van der Waals surface area contributed by atoms with E-state index in [1.807, 2.05) is 0 Å². The summed E-state index contributed by atoms with van der Waals surface area (Å²) >= 11 is 0. The molecule has 2 amide bonds. The molecule has 15 heteroatoms. The predicted octanol–water partition coefficient (Wildman–Crippen LogP) is 8.21. The van der Waals surface area contributed by atoms with Gasteiger partial charge in [0.25, 0.3) is 0 Å². The van der Waals surface area contributed by atoms with Crippen LogP contribution in [-0.2, 0) is 41.2 Å². The minimum absolute atomic E-state index is 0.0151. The Bertz CT molecular complexity index is 1400. The average Bonchev–Trinajstić information content (AvgIpc) is 3.68. The summed E-state index contributed by atoms with van der Waals surface area (Å²) in [5, 5.41) is 0. The van der Waals surface area contributed by atoms with Crippen LogP contribution < -0.4 is 4.90 Å². The Morgan fingerprint density at radius 1 is 0.886 bits per heavy atom. The molecule has 5 rings (SSSR count). The first kappa shape index (κ1) is 31.8. The molecular formula is C29H27F9N2O4. The van der Waals surface area contributed by atoms with Crippen LogP contribution in [0.2, 0.25) is 0 Å². The number of hydrogen-bond acceptors (Lipinski definition) is 4. The van der Waals surface area contributed by atoms with Gasteiger partial charge in [0, 0.05) is 12.6 Å². The lowest BCUT2D eigenvalue weighted by Crippen LogP contribution is -2.50. The van der Waals surface area contributed by atoms with Crippen LogP contribution in [0.5, 0.6) is 0 Å². The van der Waals surface area contributed by atoms with Crippen molar-refractivity contribution >= 4 is 17.9 Å². The van der Waals surface area contributed by atoms with E-state index in [-0.39, 0.29) is 24.1 Å². The van der Waals surface area contributed by atoms with E-state index in [9.17, 15) is 49.1 Å². The van der Waals surface area contributed by atoms with Crippen LogP contribution in [0, 0.1) is 5.92 Å². The largest absolute Gasteiger partial charge is 0.453 e. The maximum atomic E-state index is 13.6. The lowest BCUT2D eigenvalue weighted by Gasteiger charge is -2.44. The maximum absolute atomic E-state index is 13.6. The van der Waals surface area contributed by atoms with E-state index in [0.29, 0.717) is 43.4 Å². The van der Waals surface area contributed by atoms with Crippen molar-refractivity contribution in [2.24, 2.45) is 5.92 Å². The molecule has 2 atom stereocenters. The van der Waals surface area contributed by atoms with Gasteiger partial charge in [-0.15, -0.1) is 0 Å².